The number of para-hydroxylation sites is 1. The van der Waals surface area contributed by atoms with E-state index >= 15 is 0 Å². The van der Waals surface area contributed by atoms with Crippen molar-refractivity contribution in [2.75, 3.05) is 6.61 Å². The van der Waals surface area contributed by atoms with Crippen LogP contribution < -0.4 is 4.74 Å². The van der Waals surface area contributed by atoms with Crippen LogP contribution in [0, 0.1) is 4.77 Å². The molecule has 0 bridgehead atoms. The zero-order valence-corrected chi connectivity index (χ0v) is 16.6. The van der Waals surface area contributed by atoms with E-state index in [2.05, 4.69) is 24.3 Å². The minimum atomic E-state index is -0.188. The molecule has 5 heteroatoms. The summed E-state index contributed by atoms with van der Waals surface area (Å²) in [5.74, 6) is 1.16. The number of carbonyl (C=O) groups is 1. The van der Waals surface area contributed by atoms with Gasteiger partial charge in [0.15, 0.2) is 11.4 Å². The van der Waals surface area contributed by atoms with Gasteiger partial charge in [-0.1, -0.05) is 49.6 Å². The molecule has 1 aromatic heterocycles. The van der Waals surface area contributed by atoms with E-state index in [4.69, 9.17) is 17.0 Å². The third-order valence-corrected chi connectivity index (χ3v) is 5.79. The summed E-state index contributed by atoms with van der Waals surface area (Å²) in [6, 6.07) is 17.9. The second kappa shape index (κ2) is 8.57. The van der Waals surface area contributed by atoms with Crippen molar-refractivity contribution >= 4 is 18.1 Å². The maximum absolute atomic E-state index is 12.5. The number of ether oxygens (including phenoxy) is 1. The minimum Gasteiger partial charge on any atom is -0.484 e. The van der Waals surface area contributed by atoms with Crippen molar-refractivity contribution in [2.24, 2.45) is 0 Å². The number of carbonyl (C=O) groups excluding carboxylic acids is 1. The molecule has 28 heavy (non-hydrogen) atoms. The fourth-order valence-electron chi connectivity index (χ4n) is 3.84. The van der Waals surface area contributed by atoms with Crippen molar-refractivity contribution in [3.63, 3.8) is 0 Å². The molecular formula is C23H24N2O2S. The average Bonchev–Trinajstić information content (AvgIpc) is 3.15. The van der Waals surface area contributed by atoms with Gasteiger partial charge in [0.2, 0.25) is 0 Å². The molecule has 1 fully saturated rings. The molecular weight excluding hydrogens is 368 g/mol. The first-order chi connectivity index (χ1) is 13.7. The number of benzene rings is 2. The lowest BCUT2D eigenvalue weighted by atomic mass is 9.84. The number of imidazole rings is 1. The summed E-state index contributed by atoms with van der Waals surface area (Å²) in [5.41, 5.74) is 2.38. The standard InChI is InChI=1S/C23H24N2O2S/c26-22(17-27-21-9-5-2-6-10-21)25-16-15-24(23(25)28)20-13-11-19(12-14-20)18-7-3-1-4-8-18/h2,5-6,9-16,18H,1,3-4,7-8,17H2. The predicted octanol–water partition coefficient (Wildman–Crippen LogP) is 5.78. The quantitative estimate of drug-likeness (QED) is 0.517. The van der Waals surface area contributed by atoms with Crippen molar-refractivity contribution in [3.05, 3.63) is 77.3 Å². The summed E-state index contributed by atoms with van der Waals surface area (Å²) in [6.45, 7) is -0.0526. The molecule has 0 amide bonds. The number of aromatic nitrogens is 2. The molecule has 1 saturated carbocycles. The van der Waals surface area contributed by atoms with Crippen LogP contribution in [-0.2, 0) is 0 Å². The number of rotatable bonds is 5. The highest BCUT2D eigenvalue weighted by molar-refractivity contribution is 7.71. The highest BCUT2D eigenvalue weighted by Crippen LogP contribution is 2.32. The van der Waals surface area contributed by atoms with E-state index in [9.17, 15) is 4.79 Å². The number of hydrogen-bond donors (Lipinski definition) is 0. The minimum absolute atomic E-state index is 0.0526. The molecule has 4 rings (SSSR count). The summed E-state index contributed by atoms with van der Waals surface area (Å²) in [4.78, 5) is 12.5. The van der Waals surface area contributed by atoms with E-state index < -0.39 is 0 Å². The van der Waals surface area contributed by atoms with Gasteiger partial charge in [0.25, 0.3) is 5.91 Å². The maximum Gasteiger partial charge on any atom is 0.270 e. The Hall–Kier alpha value is -2.66. The van der Waals surface area contributed by atoms with Gasteiger partial charge in [0.1, 0.15) is 5.75 Å². The van der Waals surface area contributed by atoms with Gasteiger partial charge in [-0.2, -0.15) is 0 Å². The van der Waals surface area contributed by atoms with Crippen LogP contribution in [0.3, 0.4) is 0 Å². The molecule has 0 aliphatic heterocycles. The number of nitrogens with zero attached hydrogens (tertiary/aromatic N) is 2. The van der Waals surface area contributed by atoms with Gasteiger partial charge >= 0.3 is 0 Å². The second-order valence-electron chi connectivity index (χ2n) is 7.24. The lowest BCUT2D eigenvalue weighted by Crippen LogP contribution is -2.19. The van der Waals surface area contributed by atoms with Crippen molar-refractivity contribution in [2.45, 2.75) is 38.0 Å². The molecule has 1 aliphatic carbocycles. The summed E-state index contributed by atoms with van der Waals surface area (Å²) >= 11 is 5.52. The molecule has 0 spiro atoms. The Morgan fingerprint density at radius 2 is 1.68 bits per heavy atom. The van der Waals surface area contributed by atoms with Crippen LogP contribution in [0.25, 0.3) is 5.69 Å². The van der Waals surface area contributed by atoms with E-state index in [-0.39, 0.29) is 12.5 Å². The Balaban J connectivity index is 1.47. The molecule has 144 valence electrons. The fourth-order valence-corrected chi connectivity index (χ4v) is 4.17. The van der Waals surface area contributed by atoms with Crippen molar-refractivity contribution in [1.82, 2.24) is 9.13 Å². The lowest BCUT2D eigenvalue weighted by Gasteiger charge is -2.22. The topological polar surface area (TPSA) is 36.2 Å². The third-order valence-electron chi connectivity index (χ3n) is 5.40. The molecule has 0 unspecified atom stereocenters. The van der Waals surface area contributed by atoms with Crippen LogP contribution in [0.5, 0.6) is 5.75 Å². The molecule has 1 heterocycles. The Labute approximate surface area is 170 Å². The molecule has 1 aliphatic rings. The molecule has 2 aromatic carbocycles. The van der Waals surface area contributed by atoms with Gasteiger partial charge in [0.05, 0.1) is 0 Å². The highest BCUT2D eigenvalue weighted by Gasteiger charge is 2.16. The summed E-state index contributed by atoms with van der Waals surface area (Å²) in [5, 5.41) is 0. The molecule has 0 atom stereocenters. The van der Waals surface area contributed by atoms with Crippen molar-refractivity contribution in [3.8, 4) is 11.4 Å². The van der Waals surface area contributed by atoms with Crippen LogP contribution >= 0.6 is 12.2 Å². The van der Waals surface area contributed by atoms with Gasteiger partial charge in [-0.3, -0.25) is 13.9 Å². The second-order valence-corrected chi connectivity index (χ2v) is 7.61. The molecule has 0 radical (unpaired) electrons. The van der Waals surface area contributed by atoms with Gasteiger partial charge in [-0.15, -0.1) is 0 Å². The fraction of sp³-hybridized carbons (Fsp3) is 0.304. The Morgan fingerprint density at radius 3 is 2.39 bits per heavy atom. The van der Waals surface area contributed by atoms with Crippen LogP contribution in [0.1, 0.15) is 48.4 Å². The highest BCUT2D eigenvalue weighted by atomic mass is 32.1. The Morgan fingerprint density at radius 1 is 0.964 bits per heavy atom. The van der Waals surface area contributed by atoms with Crippen LogP contribution in [-0.4, -0.2) is 21.6 Å². The molecule has 0 N–H and O–H groups in total. The van der Waals surface area contributed by atoms with Gasteiger partial charge < -0.3 is 4.74 Å². The van der Waals surface area contributed by atoms with E-state index in [1.807, 2.05) is 41.1 Å². The zero-order chi connectivity index (χ0) is 19.3. The van der Waals surface area contributed by atoms with E-state index in [0.29, 0.717) is 16.4 Å². The largest absolute Gasteiger partial charge is 0.484 e. The summed E-state index contributed by atoms with van der Waals surface area (Å²) < 4.78 is 9.33. The third kappa shape index (κ3) is 4.09. The predicted molar refractivity (Wildman–Crippen MR) is 113 cm³/mol. The molecule has 3 aromatic rings. The summed E-state index contributed by atoms with van der Waals surface area (Å²) in [6.07, 6.45) is 10.1. The molecule has 0 saturated heterocycles. The van der Waals surface area contributed by atoms with Crippen LogP contribution in [0.4, 0.5) is 0 Å². The lowest BCUT2D eigenvalue weighted by molar-refractivity contribution is 0.0835. The van der Waals surface area contributed by atoms with Crippen LogP contribution in [0.15, 0.2) is 67.0 Å². The first kappa shape index (κ1) is 18.7. The number of hydrogen-bond acceptors (Lipinski definition) is 3. The zero-order valence-electron chi connectivity index (χ0n) is 15.8. The Kier molecular flexibility index (Phi) is 5.72. The van der Waals surface area contributed by atoms with Crippen molar-refractivity contribution < 1.29 is 9.53 Å². The van der Waals surface area contributed by atoms with E-state index in [1.165, 1.54) is 42.2 Å². The van der Waals surface area contributed by atoms with Gasteiger partial charge in [-0.25, -0.2) is 0 Å². The average molecular weight is 393 g/mol. The van der Waals surface area contributed by atoms with E-state index in [1.54, 1.807) is 6.20 Å². The van der Waals surface area contributed by atoms with Gasteiger partial charge in [0, 0.05) is 18.1 Å². The SMILES string of the molecule is O=C(COc1ccccc1)n1ccn(-c2ccc(C3CCCCC3)cc2)c1=S. The molecule has 4 nitrogen and oxygen atoms in total. The van der Waals surface area contributed by atoms with Crippen LogP contribution in [0.2, 0.25) is 0 Å². The van der Waals surface area contributed by atoms with E-state index in [0.717, 1.165) is 5.69 Å². The smallest absolute Gasteiger partial charge is 0.270 e. The normalized spacial score (nSPS) is 14.7. The van der Waals surface area contributed by atoms with Gasteiger partial charge in [-0.05, 0) is 60.8 Å². The monoisotopic (exact) mass is 392 g/mol. The summed E-state index contributed by atoms with van der Waals surface area (Å²) in [7, 11) is 0. The maximum atomic E-state index is 12.5. The first-order valence-corrected chi connectivity index (χ1v) is 10.2. The van der Waals surface area contributed by atoms with Crippen molar-refractivity contribution in [1.29, 1.82) is 0 Å². The first-order valence-electron chi connectivity index (χ1n) is 9.84. The Bertz CT molecular complexity index is 983.